The number of aromatic nitrogens is 1. The number of hydrogen-bond acceptors (Lipinski definition) is 5. The summed E-state index contributed by atoms with van der Waals surface area (Å²) < 4.78 is 4.47. The molecule has 1 aromatic heterocycles. The third-order valence-electron chi connectivity index (χ3n) is 2.05. The average molecular weight is 237 g/mol. The van der Waals surface area contributed by atoms with Gasteiger partial charge in [-0.3, -0.25) is 4.79 Å². The zero-order valence-corrected chi connectivity index (χ0v) is 9.38. The highest BCUT2D eigenvalue weighted by atomic mass is 16.5. The third kappa shape index (κ3) is 3.04. The molecule has 90 valence electrons. The SMILES string of the molecule is CC(C#N)CN(C)C(=O)c1cc(C(=O)O)on1. The minimum Gasteiger partial charge on any atom is -0.475 e. The van der Waals surface area contributed by atoms with Gasteiger partial charge < -0.3 is 14.5 Å². The first-order valence-corrected chi connectivity index (χ1v) is 4.80. The Labute approximate surface area is 97.2 Å². The van der Waals surface area contributed by atoms with E-state index in [0.717, 1.165) is 6.07 Å². The monoisotopic (exact) mass is 237 g/mol. The summed E-state index contributed by atoms with van der Waals surface area (Å²) in [6, 6.07) is 3.05. The maximum Gasteiger partial charge on any atom is 0.374 e. The van der Waals surface area contributed by atoms with E-state index >= 15 is 0 Å². The summed E-state index contributed by atoms with van der Waals surface area (Å²) in [7, 11) is 1.51. The molecule has 1 N–H and O–H groups in total. The number of nitriles is 1. The lowest BCUT2D eigenvalue weighted by molar-refractivity contribution is 0.0649. The Bertz CT molecular complexity index is 474. The number of nitrogens with zero attached hydrogens (tertiary/aromatic N) is 3. The minimum absolute atomic E-state index is 0.0879. The highest BCUT2D eigenvalue weighted by molar-refractivity contribution is 5.94. The Hall–Kier alpha value is -2.36. The van der Waals surface area contributed by atoms with Gasteiger partial charge in [-0.2, -0.15) is 5.26 Å². The fraction of sp³-hybridized carbons (Fsp3) is 0.400. The van der Waals surface area contributed by atoms with Crippen LogP contribution in [-0.4, -0.2) is 40.6 Å². The van der Waals surface area contributed by atoms with Crippen LogP contribution in [0.25, 0.3) is 0 Å². The summed E-state index contributed by atoms with van der Waals surface area (Å²) in [5.74, 6) is -2.47. The van der Waals surface area contributed by atoms with Crippen LogP contribution in [0.1, 0.15) is 28.0 Å². The summed E-state index contributed by atoms with van der Waals surface area (Å²) in [4.78, 5) is 23.6. The van der Waals surface area contributed by atoms with Crippen LogP contribution in [0, 0.1) is 17.2 Å². The Morgan fingerprint density at radius 1 is 1.71 bits per heavy atom. The van der Waals surface area contributed by atoms with Gasteiger partial charge in [0.25, 0.3) is 5.91 Å². The van der Waals surface area contributed by atoms with Crippen LogP contribution in [0.2, 0.25) is 0 Å². The predicted octanol–water partition coefficient (Wildman–Crippen LogP) is 0.604. The quantitative estimate of drug-likeness (QED) is 0.821. The summed E-state index contributed by atoms with van der Waals surface area (Å²) in [5.41, 5.74) is -0.0879. The minimum atomic E-state index is -1.29. The number of carbonyl (C=O) groups excluding carboxylic acids is 1. The molecular formula is C10H11N3O4. The van der Waals surface area contributed by atoms with Gasteiger partial charge >= 0.3 is 5.97 Å². The maximum atomic E-state index is 11.7. The second-order valence-electron chi connectivity index (χ2n) is 3.60. The molecule has 0 saturated heterocycles. The first-order chi connectivity index (χ1) is 7.95. The van der Waals surface area contributed by atoms with Crippen LogP contribution in [0.3, 0.4) is 0 Å². The summed E-state index contributed by atoms with van der Waals surface area (Å²) in [6.45, 7) is 1.92. The molecule has 1 unspecified atom stereocenters. The van der Waals surface area contributed by atoms with Gasteiger partial charge in [-0.25, -0.2) is 4.79 Å². The van der Waals surface area contributed by atoms with Crippen LogP contribution < -0.4 is 0 Å². The van der Waals surface area contributed by atoms with E-state index in [9.17, 15) is 9.59 Å². The van der Waals surface area contributed by atoms with Crippen molar-refractivity contribution in [2.75, 3.05) is 13.6 Å². The first-order valence-electron chi connectivity index (χ1n) is 4.80. The van der Waals surface area contributed by atoms with E-state index in [-0.39, 0.29) is 18.2 Å². The zero-order chi connectivity index (χ0) is 13.0. The van der Waals surface area contributed by atoms with Crippen molar-refractivity contribution in [1.82, 2.24) is 10.1 Å². The van der Waals surface area contributed by atoms with E-state index in [1.165, 1.54) is 11.9 Å². The normalized spacial score (nSPS) is 11.6. The van der Waals surface area contributed by atoms with Crippen LogP contribution in [0.4, 0.5) is 0 Å². The Morgan fingerprint density at radius 3 is 2.82 bits per heavy atom. The van der Waals surface area contributed by atoms with Gasteiger partial charge in [0.1, 0.15) is 0 Å². The van der Waals surface area contributed by atoms with E-state index < -0.39 is 17.6 Å². The third-order valence-corrected chi connectivity index (χ3v) is 2.05. The van der Waals surface area contributed by atoms with Crippen molar-refractivity contribution >= 4 is 11.9 Å². The molecule has 0 radical (unpaired) electrons. The molecule has 1 heterocycles. The predicted molar refractivity (Wildman–Crippen MR) is 55.2 cm³/mol. The van der Waals surface area contributed by atoms with Gasteiger partial charge in [-0.1, -0.05) is 5.16 Å². The molecule has 0 saturated carbocycles. The van der Waals surface area contributed by atoms with Crippen LogP contribution >= 0.6 is 0 Å². The molecular weight excluding hydrogens is 226 g/mol. The lowest BCUT2D eigenvalue weighted by atomic mass is 10.2. The standard InChI is InChI=1S/C10H11N3O4/c1-6(4-11)5-13(2)9(14)7-3-8(10(15)16)17-12-7/h3,6H,5H2,1-2H3,(H,15,16). The molecule has 0 fully saturated rings. The first kappa shape index (κ1) is 12.7. The van der Waals surface area contributed by atoms with Gasteiger partial charge in [-0.15, -0.1) is 0 Å². The van der Waals surface area contributed by atoms with E-state index in [1.54, 1.807) is 6.92 Å². The summed E-state index contributed by atoms with van der Waals surface area (Å²) in [5, 5.41) is 20.6. The Balaban J connectivity index is 2.75. The van der Waals surface area contributed by atoms with Gasteiger partial charge in [0.2, 0.25) is 5.76 Å². The largest absolute Gasteiger partial charge is 0.475 e. The van der Waals surface area contributed by atoms with Crippen molar-refractivity contribution < 1.29 is 19.2 Å². The van der Waals surface area contributed by atoms with Gasteiger partial charge in [0.05, 0.1) is 12.0 Å². The number of rotatable bonds is 4. The number of amides is 1. The molecule has 0 aromatic carbocycles. The zero-order valence-electron chi connectivity index (χ0n) is 9.38. The molecule has 0 aliphatic rings. The van der Waals surface area contributed by atoms with E-state index in [2.05, 4.69) is 9.68 Å². The van der Waals surface area contributed by atoms with Crippen molar-refractivity contribution in [2.24, 2.45) is 5.92 Å². The fourth-order valence-electron chi connectivity index (χ4n) is 1.21. The summed E-state index contributed by atoms with van der Waals surface area (Å²) >= 11 is 0. The Morgan fingerprint density at radius 2 is 2.35 bits per heavy atom. The van der Waals surface area contributed by atoms with Gasteiger partial charge in [-0.05, 0) is 6.92 Å². The fourth-order valence-corrected chi connectivity index (χ4v) is 1.21. The molecule has 1 atom stereocenters. The lowest BCUT2D eigenvalue weighted by Crippen LogP contribution is -2.30. The number of carbonyl (C=O) groups is 2. The number of carboxylic acid groups (broad SMARTS) is 1. The van der Waals surface area contributed by atoms with E-state index in [0.29, 0.717) is 0 Å². The van der Waals surface area contributed by atoms with E-state index in [1.807, 2.05) is 6.07 Å². The van der Waals surface area contributed by atoms with Crippen molar-refractivity contribution in [1.29, 1.82) is 5.26 Å². The molecule has 1 aromatic rings. The second-order valence-corrected chi connectivity index (χ2v) is 3.60. The Kier molecular flexibility index (Phi) is 3.82. The molecule has 7 heteroatoms. The topological polar surface area (TPSA) is 107 Å². The van der Waals surface area contributed by atoms with Gasteiger partial charge in [0.15, 0.2) is 5.69 Å². The van der Waals surface area contributed by atoms with E-state index in [4.69, 9.17) is 10.4 Å². The summed E-state index contributed by atoms with van der Waals surface area (Å²) in [6.07, 6.45) is 0. The van der Waals surface area contributed by atoms with Crippen LogP contribution in [0.5, 0.6) is 0 Å². The van der Waals surface area contributed by atoms with Crippen molar-refractivity contribution in [3.05, 3.63) is 17.5 Å². The highest BCUT2D eigenvalue weighted by Gasteiger charge is 2.20. The highest BCUT2D eigenvalue weighted by Crippen LogP contribution is 2.07. The van der Waals surface area contributed by atoms with Crippen LogP contribution in [-0.2, 0) is 0 Å². The molecule has 0 spiro atoms. The molecule has 0 aliphatic heterocycles. The lowest BCUT2D eigenvalue weighted by Gasteiger charge is -2.16. The van der Waals surface area contributed by atoms with Crippen molar-refractivity contribution in [3.8, 4) is 6.07 Å². The molecule has 7 nitrogen and oxygen atoms in total. The van der Waals surface area contributed by atoms with Crippen molar-refractivity contribution in [2.45, 2.75) is 6.92 Å². The van der Waals surface area contributed by atoms with Crippen LogP contribution in [0.15, 0.2) is 10.6 Å². The molecule has 17 heavy (non-hydrogen) atoms. The number of hydrogen-bond donors (Lipinski definition) is 1. The second kappa shape index (κ2) is 5.12. The smallest absolute Gasteiger partial charge is 0.374 e. The molecule has 1 amide bonds. The number of aromatic carboxylic acids is 1. The maximum absolute atomic E-state index is 11.7. The average Bonchev–Trinajstić information content (AvgIpc) is 2.77. The molecule has 0 bridgehead atoms. The molecule has 0 aliphatic carbocycles. The van der Waals surface area contributed by atoms with Crippen molar-refractivity contribution in [3.63, 3.8) is 0 Å². The molecule has 1 rings (SSSR count). The number of carboxylic acids is 1. The van der Waals surface area contributed by atoms with Gasteiger partial charge in [0, 0.05) is 19.7 Å².